The van der Waals surface area contributed by atoms with Gasteiger partial charge in [-0.25, -0.2) is 9.78 Å². The number of nitrogens with zero attached hydrogens (tertiary/aromatic N) is 2. The van der Waals surface area contributed by atoms with Crippen LogP contribution in [0.5, 0.6) is 5.75 Å². The lowest BCUT2D eigenvalue weighted by atomic mass is 10.2. The number of esters is 1. The number of aromatic nitrogens is 1. The molecule has 6 nitrogen and oxygen atoms in total. The number of hydrogen-bond acceptors (Lipinski definition) is 6. The fraction of sp³-hybridized carbons (Fsp3) is 0.133. The Balaban J connectivity index is 1.84. The molecule has 0 fully saturated rings. The van der Waals surface area contributed by atoms with E-state index in [4.69, 9.17) is 20.5 Å². The maximum absolute atomic E-state index is 11.6. The Kier molecular flexibility index (Phi) is 4.72. The molecule has 2 N–H and O–H groups in total. The highest BCUT2D eigenvalue weighted by molar-refractivity contribution is 5.71. The van der Waals surface area contributed by atoms with E-state index in [9.17, 15) is 4.79 Å². The fourth-order valence-corrected chi connectivity index (χ4v) is 1.60. The first-order valence-corrected chi connectivity index (χ1v) is 6.17. The molecular weight excluding hydrogens is 270 g/mol. The third-order valence-corrected chi connectivity index (χ3v) is 2.60. The molecule has 0 unspecified atom stereocenters. The van der Waals surface area contributed by atoms with Gasteiger partial charge in [0, 0.05) is 23.5 Å². The number of benzene rings is 1. The maximum atomic E-state index is 11.6. The minimum Gasteiger partial charge on any atom is -0.482 e. The van der Waals surface area contributed by atoms with E-state index < -0.39 is 5.97 Å². The molecular formula is C15H13N3O3. The van der Waals surface area contributed by atoms with Gasteiger partial charge in [-0.05, 0) is 18.2 Å². The van der Waals surface area contributed by atoms with E-state index in [1.165, 1.54) is 6.20 Å². The number of nitriles is 1. The number of rotatable bonds is 5. The average Bonchev–Trinajstić information content (AvgIpc) is 2.51. The Morgan fingerprint density at radius 3 is 2.95 bits per heavy atom. The summed E-state index contributed by atoms with van der Waals surface area (Å²) < 4.78 is 10.3. The van der Waals surface area contributed by atoms with Crippen LogP contribution in [0, 0.1) is 11.3 Å². The zero-order chi connectivity index (χ0) is 15.1. The Morgan fingerprint density at radius 1 is 1.33 bits per heavy atom. The summed E-state index contributed by atoms with van der Waals surface area (Å²) in [6.45, 7) is -0.249. The number of hydrogen-bond donors (Lipinski definition) is 1. The smallest absolute Gasteiger partial charge is 0.344 e. The third kappa shape index (κ3) is 4.21. The van der Waals surface area contributed by atoms with Crippen molar-refractivity contribution in [3.8, 4) is 11.8 Å². The van der Waals surface area contributed by atoms with E-state index in [1.54, 1.807) is 36.4 Å². The van der Waals surface area contributed by atoms with Crippen molar-refractivity contribution < 1.29 is 14.3 Å². The molecule has 0 atom stereocenters. The number of nitrogens with two attached hydrogens (primary N) is 1. The van der Waals surface area contributed by atoms with Crippen LogP contribution in [0.15, 0.2) is 42.6 Å². The van der Waals surface area contributed by atoms with Crippen LogP contribution in [0.2, 0.25) is 0 Å². The summed E-state index contributed by atoms with van der Waals surface area (Å²) in [5.41, 5.74) is 6.94. The molecule has 2 rings (SSSR count). The molecule has 0 saturated heterocycles. The summed E-state index contributed by atoms with van der Waals surface area (Å²) in [6.07, 6.45) is 1.51. The van der Waals surface area contributed by atoms with E-state index in [-0.39, 0.29) is 18.9 Å². The highest BCUT2D eigenvalue weighted by Crippen LogP contribution is 2.14. The second-order valence-corrected chi connectivity index (χ2v) is 4.14. The molecule has 1 aromatic carbocycles. The van der Waals surface area contributed by atoms with E-state index in [0.29, 0.717) is 17.0 Å². The molecule has 1 aromatic heterocycles. The van der Waals surface area contributed by atoms with Gasteiger partial charge in [0.05, 0.1) is 0 Å². The lowest BCUT2D eigenvalue weighted by Crippen LogP contribution is -2.15. The predicted octanol–water partition coefficient (Wildman–Crippen LogP) is 1.66. The first-order chi connectivity index (χ1) is 10.2. The van der Waals surface area contributed by atoms with Gasteiger partial charge in [-0.3, -0.25) is 0 Å². The van der Waals surface area contributed by atoms with Gasteiger partial charge < -0.3 is 15.2 Å². The van der Waals surface area contributed by atoms with E-state index in [2.05, 4.69) is 4.98 Å². The van der Waals surface area contributed by atoms with Gasteiger partial charge in [0.25, 0.3) is 0 Å². The highest BCUT2D eigenvalue weighted by Gasteiger charge is 2.08. The minimum absolute atomic E-state index is 0.0180. The van der Waals surface area contributed by atoms with Gasteiger partial charge in [-0.1, -0.05) is 12.1 Å². The van der Waals surface area contributed by atoms with Crippen molar-refractivity contribution in [1.29, 1.82) is 5.26 Å². The van der Waals surface area contributed by atoms with Gasteiger partial charge in [0.15, 0.2) is 6.61 Å². The molecule has 6 heteroatoms. The van der Waals surface area contributed by atoms with Crippen LogP contribution in [-0.4, -0.2) is 17.6 Å². The van der Waals surface area contributed by atoms with Crippen LogP contribution >= 0.6 is 0 Å². The van der Waals surface area contributed by atoms with Crippen molar-refractivity contribution in [3.05, 3.63) is 53.9 Å². The lowest BCUT2D eigenvalue weighted by molar-refractivity contribution is -0.147. The molecule has 0 spiro atoms. The number of carbonyl (C=O) groups excluding carboxylic acids is 1. The van der Waals surface area contributed by atoms with Gasteiger partial charge in [0.2, 0.25) is 0 Å². The number of nitrogen functional groups attached to an aromatic ring is 1. The molecule has 0 aliphatic rings. The second kappa shape index (κ2) is 6.91. The Morgan fingerprint density at radius 2 is 2.19 bits per heavy atom. The van der Waals surface area contributed by atoms with Crippen LogP contribution in [0.3, 0.4) is 0 Å². The Bertz CT molecular complexity index is 680. The second-order valence-electron chi connectivity index (χ2n) is 4.14. The van der Waals surface area contributed by atoms with E-state index in [0.717, 1.165) is 0 Å². The normalized spacial score (nSPS) is 9.67. The molecule has 0 aliphatic carbocycles. The summed E-state index contributed by atoms with van der Waals surface area (Å²) in [6, 6.07) is 12.0. The molecule has 0 aliphatic heterocycles. The SMILES string of the molecule is N#Cc1ncccc1COC(=O)COc1cccc(N)c1. The van der Waals surface area contributed by atoms with Crippen molar-refractivity contribution in [3.63, 3.8) is 0 Å². The van der Waals surface area contributed by atoms with Crippen molar-refractivity contribution in [1.82, 2.24) is 4.98 Å². The quantitative estimate of drug-likeness (QED) is 0.662. The molecule has 21 heavy (non-hydrogen) atoms. The molecule has 106 valence electrons. The first kappa shape index (κ1) is 14.3. The minimum atomic E-state index is -0.537. The van der Waals surface area contributed by atoms with Crippen molar-refractivity contribution in [2.24, 2.45) is 0 Å². The highest BCUT2D eigenvalue weighted by atomic mass is 16.6. The third-order valence-electron chi connectivity index (χ3n) is 2.60. The van der Waals surface area contributed by atoms with Gasteiger partial charge in [0.1, 0.15) is 24.1 Å². The first-order valence-electron chi connectivity index (χ1n) is 6.17. The number of anilines is 1. The number of ether oxygens (including phenoxy) is 2. The zero-order valence-corrected chi connectivity index (χ0v) is 11.2. The average molecular weight is 283 g/mol. The topological polar surface area (TPSA) is 98.2 Å². The van der Waals surface area contributed by atoms with Gasteiger partial charge >= 0.3 is 5.97 Å². The molecule has 0 bridgehead atoms. The van der Waals surface area contributed by atoms with Crippen LogP contribution in [0.4, 0.5) is 5.69 Å². The molecule has 1 heterocycles. The monoisotopic (exact) mass is 283 g/mol. The van der Waals surface area contributed by atoms with Crippen LogP contribution in [-0.2, 0) is 16.1 Å². The largest absolute Gasteiger partial charge is 0.482 e. The summed E-state index contributed by atoms with van der Waals surface area (Å²) in [5.74, 6) is -0.0452. The summed E-state index contributed by atoms with van der Waals surface area (Å²) in [4.78, 5) is 15.5. The standard InChI is InChI=1S/C15H13N3O3/c16-8-14-11(3-2-6-18-14)9-21-15(19)10-20-13-5-1-4-12(17)7-13/h1-7H,9-10,17H2. The van der Waals surface area contributed by atoms with Gasteiger partial charge in [-0.2, -0.15) is 5.26 Å². The summed E-state index contributed by atoms with van der Waals surface area (Å²) in [5, 5.41) is 8.87. The summed E-state index contributed by atoms with van der Waals surface area (Å²) >= 11 is 0. The lowest BCUT2D eigenvalue weighted by Gasteiger charge is -2.08. The van der Waals surface area contributed by atoms with Crippen LogP contribution in [0.1, 0.15) is 11.3 Å². The van der Waals surface area contributed by atoms with Crippen LogP contribution in [0.25, 0.3) is 0 Å². The maximum Gasteiger partial charge on any atom is 0.344 e. The number of carbonyl (C=O) groups is 1. The van der Waals surface area contributed by atoms with Crippen molar-refractivity contribution >= 4 is 11.7 Å². The molecule has 0 amide bonds. The number of pyridine rings is 1. The van der Waals surface area contributed by atoms with Crippen molar-refractivity contribution in [2.75, 3.05) is 12.3 Å². The molecule has 0 saturated carbocycles. The molecule has 0 radical (unpaired) electrons. The summed E-state index contributed by atoms with van der Waals surface area (Å²) in [7, 11) is 0. The Labute approximate surface area is 121 Å². The fourth-order valence-electron chi connectivity index (χ4n) is 1.60. The van der Waals surface area contributed by atoms with Crippen molar-refractivity contribution in [2.45, 2.75) is 6.61 Å². The van der Waals surface area contributed by atoms with Gasteiger partial charge in [-0.15, -0.1) is 0 Å². The van der Waals surface area contributed by atoms with Crippen LogP contribution < -0.4 is 10.5 Å². The molecule has 2 aromatic rings. The predicted molar refractivity (Wildman–Crippen MR) is 75.1 cm³/mol. The Hall–Kier alpha value is -3.07. The van der Waals surface area contributed by atoms with E-state index >= 15 is 0 Å². The zero-order valence-electron chi connectivity index (χ0n) is 11.2. The van der Waals surface area contributed by atoms with E-state index in [1.807, 2.05) is 6.07 Å².